The smallest absolute Gasteiger partial charge is 0.177 e. The van der Waals surface area contributed by atoms with E-state index in [1.807, 2.05) is 0 Å². The molecule has 1 nitrogen and oxygen atoms in total. The van der Waals surface area contributed by atoms with E-state index in [1.165, 1.54) is 0 Å². The van der Waals surface area contributed by atoms with E-state index in [0.29, 0.717) is 10.6 Å². The maximum absolute atomic E-state index is 11.6. The quantitative estimate of drug-likeness (QED) is 0.497. The van der Waals surface area contributed by atoms with Gasteiger partial charge in [-0.25, -0.2) is 0 Å². The minimum absolute atomic E-state index is 0.0269. The topological polar surface area (TPSA) is 17.1 Å². The van der Waals surface area contributed by atoms with Crippen LogP contribution in [0.4, 0.5) is 0 Å². The Kier molecular flexibility index (Phi) is 3.83. The third-order valence-corrected chi connectivity index (χ3v) is 2.60. The van der Waals surface area contributed by atoms with Crippen molar-refractivity contribution in [3.8, 4) is 0 Å². The maximum atomic E-state index is 11.6. The largest absolute Gasteiger partial charge is 0.293 e. The highest BCUT2D eigenvalue weighted by atomic mass is 79.9. The Balaban J connectivity index is 3.13. The van der Waals surface area contributed by atoms with Crippen molar-refractivity contribution in [3.63, 3.8) is 0 Å². The van der Waals surface area contributed by atoms with E-state index < -0.39 is 0 Å². The monoisotopic (exact) mass is 278 g/mol. The highest BCUT2D eigenvalue weighted by molar-refractivity contribution is 9.10. The number of ketones is 1. The number of carbonyl (C=O) groups excluding carboxylic acids is 1. The zero-order chi connectivity index (χ0) is 10.0. The van der Waals surface area contributed by atoms with Gasteiger partial charge in [-0.15, -0.1) is 12.6 Å². The Labute approximate surface area is 96.0 Å². The fraction of sp³-hybridized carbons (Fsp3) is 0.222. The van der Waals surface area contributed by atoms with E-state index in [9.17, 15) is 4.79 Å². The lowest BCUT2D eigenvalue weighted by molar-refractivity contribution is 0.0996. The Morgan fingerprint density at radius 2 is 2.23 bits per heavy atom. The van der Waals surface area contributed by atoms with Gasteiger partial charge in [0.15, 0.2) is 5.78 Å². The normalized spacial score (nSPS) is 12.6. The third kappa shape index (κ3) is 2.73. The molecule has 1 atom stereocenters. The van der Waals surface area contributed by atoms with Crippen LogP contribution in [0.3, 0.4) is 0 Å². The van der Waals surface area contributed by atoms with Crippen molar-refractivity contribution in [2.45, 2.75) is 16.6 Å². The van der Waals surface area contributed by atoms with Gasteiger partial charge in [0.05, 0.1) is 9.85 Å². The summed E-state index contributed by atoms with van der Waals surface area (Å²) in [5.41, 5.74) is 0.513. The van der Waals surface area contributed by atoms with Crippen LogP contribution in [0.25, 0.3) is 0 Å². The van der Waals surface area contributed by atoms with Gasteiger partial charge in [-0.2, -0.15) is 0 Å². The summed E-state index contributed by atoms with van der Waals surface area (Å²) in [6.07, 6.45) is 0. The molecule has 0 aliphatic carbocycles. The lowest BCUT2D eigenvalue weighted by atomic mass is 10.1. The number of alkyl halides is 1. The van der Waals surface area contributed by atoms with Gasteiger partial charge in [0.1, 0.15) is 0 Å². The highest BCUT2D eigenvalue weighted by Gasteiger charge is 2.15. The minimum atomic E-state index is -0.222. The number of hydrogen-bond donors (Lipinski definition) is 1. The molecule has 1 unspecified atom stereocenters. The van der Waals surface area contributed by atoms with Crippen molar-refractivity contribution < 1.29 is 4.79 Å². The molecule has 0 aliphatic rings. The number of hydrogen-bond acceptors (Lipinski definition) is 2. The standard InChI is InChI=1S/C9H8BrClOS/c1-5(10)9(12)7-4-6(13)2-3-8(7)11/h2-5,13H,1H3. The number of halogens is 2. The van der Waals surface area contributed by atoms with Crippen LogP contribution in [0.15, 0.2) is 23.1 Å². The first-order chi connectivity index (χ1) is 6.02. The number of benzene rings is 1. The molecule has 0 saturated carbocycles. The first kappa shape index (κ1) is 11.1. The lowest BCUT2D eigenvalue weighted by Gasteiger charge is -2.05. The van der Waals surface area contributed by atoms with Crippen LogP contribution in [-0.4, -0.2) is 10.6 Å². The molecule has 1 rings (SSSR count). The van der Waals surface area contributed by atoms with Gasteiger partial charge in [0.2, 0.25) is 0 Å². The van der Waals surface area contributed by atoms with Gasteiger partial charge in [-0.3, -0.25) is 4.79 Å². The first-order valence-electron chi connectivity index (χ1n) is 3.69. The summed E-state index contributed by atoms with van der Waals surface area (Å²) in [4.78, 5) is 12.1. The van der Waals surface area contributed by atoms with E-state index in [-0.39, 0.29) is 10.6 Å². The van der Waals surface area contributed by atoms with Gasteiger partial charge in [0.25, 0.3) is 0 Å². The third-order valence-electron chi connectivity index (χ3n) is 1.58. The fourth-order valence-electron chi connectivity index (χ4n) is 0.916. The average molecular weight is 280 g/mol. The molecule has 0 spiro atoms. The van der Waals surface area contributed by atoms with Crippen molar-refractivity contribution in [1.82, 2.24) is 0 Å². The molecule has 0 aromatic heterocycles. The van der Waals surface area contributed by atoms with E-state index in [1.54, 1.807) is 25.1 Å². The summed E-state index contributed by atoms with van der Waals surface area (Å²) in [6, 6.07) is 5.10. The molecule has 0 fully saturated rings. The highest BCUT2D eigenvalue weighted by Crippen LogP contribution is 2.22. The van der Waals surface area contributed by atoms with Crippen LogP contribution in [0.1, 0.15) is 17.3 Å². The van der Waals surface area contributed by atoms with Crippen molar-refractivity contribution in [3.05, 3.63) is 28.8 Å². The SMILES string of the molecule is CC(Br)C(=O)c1cc(S)ccc1Cl. The van der Waals surface area contributed by atoms with E-state index >= 15 is 0 Å². The van der Waals surface area contributed by atoms with Crippen LogP contribution in [-0.2, 0) is 0 Å². The van der Waals surface area contributed by atoms with Crippen molar-refractivity contribution in [2.75, 3.05) is 0 Å². The molecule has 0 saturated heterocycles. The van der Waals surface area contributed by atoms with Crippen LogP contribution in [0.5, 0.6) is 0 Å². The van der Waals surface area contributed by atoms with Gasteiger partial charge < -0.3 is 0 Å². The van der Waals surface area contributed by atoms with Crippen LogP contribution < -0.4 is 0 Å². The molecule has 13 heavy (non-hydrogen) atoms. The summed E-state index contributed by atoms with van der Waals surface area (Å²) < 4.78 is 0. The molecular formula is C9H8BrClOS. The van der Waals surface area contributed by atoms with E-state index in [0.717, 1.165) is 4.90 Å². The number of rotatable bonds is 2. The molecule has 0 radical (unpaired) electrons. The second-order valence-electron chi connectivity index (χ2n) is 2.64. The molecule has 1 aromatic rings. The molecule has 70 valence electrons. The molecule has 1 aromatic carbocycles. The average Bonchev–Trinajstić information content (AvgIpc) is 2.08. The van der Waals surface area contributed by atoms with Gasteiger partial charge >= 0.3 is 0 Å². The van der Waals surface area contributed by atoms with Crippen molar-refractivity contribution in [1.29, 1.82) is 0 Å². The summed E-state index contributed by atoms with van der Waals surface area (Å²) in [5.74, 6) is -0.0269. The predicted molar refractivity (Wildman–Crippen MR) is 61.4 cm³/mol. The van der Waals surface area contributed by atoms with Crippen LogP contribution in [0.2, 0.25) is 5.02 Å². The van der Waals surface area contributed by atoms with Crippen molar-refractivity contribution in [2.24, 2.45) is 0 Å². The number of Topliss-reactive ketones (excluding diaryl/α,β-unsaturated/α-hetero) is 1. The summed E-state index contributed by atoms with van der Waals surface area (Å²) in [5, 5.41) is 0.467. The summed E-state index contributed by atoms with van der Waals surface area (Å²) in [7, 11) is 0. The second-order valence-corrected chi connectivity index (χ2v) is 4.94. The molecule has 0 N–H and O–H groups in total. The Bertz CT molecular complexity index is 338. The number of thiol groups is 1. The Morgan fingerprint density at radius 3 is 2.77 bits per heavy atom. The van der Waals surface area contributed by atoms with Gasteiger partial charge in [-0.05, 0) is 25.1 Å². The van der Waals surface area contributed by atoms with E-state index in [4.69, 9.17) is 11.6 Å². The molecule has 0 aliphatic heterocycles. The van der Waals surface area contributed by atoms with Crippen molar-refractivity contribution >= 4 is 45.9 Å². The second kappa shape index (κ2) is 4.49. The summed E-state index contributed by atoms with van der Waals surface area (Å²) in [6.45, 7) is 1.77. The van der Waals surface area contributed by atoms with E-state index in [2.05, 4.69) is 28.6 Å². The Morgan fingerprint density at radius 1 is 1.62 bits per heavy atom. The minimum Gasteiger partial charge on any atom is -0.293 e. The molecular weight excluding hydrogens is 272 g/mol. The van der Waals surface area contributed by atoms with Gasteiger partial charge in [-0.1, -0.05) is 27.5 Å². The Hall–Kier alpha value is 0.01000. The lowest BCUT2D eigenvalue weighted by Crippen LogP contribution is -2.10. The molecule has 0 heterocycles. The molecule has 0 amide bonds. The molecule has 0 bridgehead atoms. The zero-order valence-corrected chi connectivity index (χ0v) is 10.2. The first-order valence-corrected chi connectivity index (χ1v) is 5.43. The maximum Gasteiger partial charge on any atom is 0.177 e. The van der Waals surface area contributed by atoms with Crippen LogP contribution in [0, 0.1) is 0 Å². The van der Waals surface area contributed by atoms with Crippen LogP contribution >= 0.6 is 40.2 Å². The number of carbonyl (C=O) groups is 1. The zero-order valence-electron chi connectivity index (χ0n) is 6.92. The predicted octanol–water partition coefficient (Wildman–Crippen LogP) is 3.59. The summed E-state index contributed by atoms with van der Waals surface area (Å²) >= 11 is 13.2. The fourth-order valence-corrected chi connectivity index (χ4v) is 1.58. The molecule has 4 heteroatoms. The van der Waals surface area contributed by atoms with Gasteiger partial charge in [0, 0.05) is 10.5 Å².